The van der Waals surface area contributed by atoms with Crippen LogP contribution in [0.1, 0.15) is 72.9 Å². The molecule has 0 bridgehead atoms. The van der Waals surface area contributed by atoms with Crippen LogP contribution in [-0.4, -0.2) is 72.8 Å². The predicted octanol–water partition coefficient (Wildman–Crippen LogP) is 2.88. The summed E-state index contributed by atoms with van der Waals surface area (Å²) >= 11 is 0. The molecule has 0 fully saturated rings. The zero-order valence-electron chi connectivity index (χ0n) is 28.6. The number of fused-ring (bicyclic) bond motifs is 2. The van der Waals surface area contributed by atoms with Crippen molar-refractivity contribution < 1.29 is 30.6 Å². The topological polar surface area (TPSA) is 287 Å². The fourth-order valence-electron chi connectivity index (χ4n) is 6.67. The highest BCUT2D eigenvalue weighted by Crippen LogP contribution is 2.54. The van der Waals surface area contributed by atoms with Gasteiger partial charge in [0.15, 0.2) is 23.0 Å². The molecule has 0 unspecified atom stereocenters. The van der Waals surface area contributed by atoms with E-state index in [-0.39, 0.29) is 56.0 Å². The van der Waals surface area contributed by atoms with Crippen LogP contribution in [0.15, 0.2) is 41.5 Å². The minimum Gasteiger partial charge on any atom is -0.507 e. The molecule has 0 spiro atoms. The normalized spacial score (nSPS) is 12.2. The predicted molar refractivity (Wildman–Crippen MR) is 192 cm³/mol. The summed E-state index contributed by atoms with van der Waals surface area (Å²) < 4.78 is 0.855. The zero-order valence-corrected chi connectivity index (χ0v) is 28.6. The Labute approximate surface area is 290 Å². The molecule has 2 heterocycles. The van der Waals surface area contributed by atoms with Crippen LogP contribution in [0, 0.1) is 13.8 Å². The average Bonchev–Trinajstić information content (AvgIpc) is 3.56. The van der Waals surface area contributed by atoms with Gasteiger partial charge in [-0.1, -0.05) is 39.8 Å². The Hall–Kier alpha value is -6.98. The monoisotopic (exact) mass is 714 g/mol. The number of benzene rings is 4. The van der Waals surface area contributed by atoms with Crippen molar-refractivity contribution in [1.29, 1.82) is 0 Å². The molecule has 0 saturated carbocycles. The van der Waals surface area contributed by atoms with E-state index >= 15 is 0 Å². The van der Waals surface area contributed by atoms with Crippen molar-refractivity contribution in [3.05, 3.63) is 87.5 Å². The van der Waals surface area contributed by atoms with Crippen LogP contribution >= 0.6 is 0 Å². The molecule has 0 atom stereocenters. The Kier molecular flexibility index (Phi) is 8.32. The SMILES string of the molecule is Cc1cc2c(C(C)C)c(O)c(O)c(/C=N/n3c(=O)[nH][nH]c3=O)c2c(O)c1-c1c(C)cc2c(C(C)C)c(O)c(O)c(/C=N/n3c(=O)[nH][nH]c3=O)c2c1O. The molecule has 4 aromatic carbocycles. The molecule has 0 amide bonds. The molecule has 0 saturated heterocycles. The third-order valence-corrected chi connectivity index (χ3v) is 8.92. The van der Waals surface area contributed by atoms with E-state index in [0.717, 1.165) is 12.4 Å². The first-order valence-electron chi connectivity index (χ1n) is 15.8. The van der Waals surface area contributed by atoms with Crippen molar-refractivity contribution in [2.75, 3.05) is 0 Å². The second-order valence-electron chi connectivity index (χ2n) is 12.9. The van der Waals surface area contributed by atoms with Crippen LogP contribution in [0.2, 0.25) is 0 Å². The number of aryl methyl sites for hydroxylation is 2. The molecule has 270 valence electrons. The van der Waals surface area contributed by atoms with E-state index < -0.39 is 57.3 Å². The van der Waals surface area contributed by atoms with Gasteiger partial charge in [-0.15, -0.1) is 9.35 Å². The summed E-state index contributed by atoms with van der Waals surface area (Å²) in [5.74, 6) is -4.21. The van der Waals surface area contributed by atoms with Gasteiger partial charge in [-0.05, 0) is 47.6 Å². The van der Waals surface area contributed by atoms with Gasteiger partial charge in [0.1, 0.15) is 11.5 Å². The lowest BCUT2D eigenvalue weighted by Crippen LogP contribution is -2.22. The number of nitrogens with one attached hydrogen (secondary N) is 4. The van der Waals surface area contributed by atoms with Gasteiger partial charge >= 0.3 is 22.8 Å². The van der Waals surface area contributed by atoms with Gasteiger partial charge in [-0.25, -0.2) is 39.6 Å². The number of hydrogen-bond acceptors (Lipinski definition) is 12. The fourth-order valence-corrected chi connectivity index (χ4v) is 6.67. The maximum absolute atomic E-state index is 12.2. The maximum atomic E-state index is 12.2. The number of nitrogens with zero attached hydrogens (tertiary/aromatic N) is 4. The minimum absolute atomic E-state index is 0.0495. The summed E-state index contributed by atoms with van der Waals surface area (Å²) in [7, 11) is 0. The van der Waals surface area contributed by atoms with Gasteiger partial charge in [-0.2, -0.15) is 10.2 Å². The lowest BCUT2D eigenvalue weighted by molar-refractivity contribution is 0.398. The lowest BCUT2D eigenvalue weighted by atomic mass is 9.83. The number of hydrogen-bond donors (Lipinski definition) is 10. The Morgan fingerprint density at radius 3 is 1.13 bits per heavy atom. The molecule has 6 aromatic rings. The molecule has 2 aromatic heterocycles. The summed E-state index contributed by atoms with van der Waals surface area (Å²) in [6.45, 7) is 10.3. The first-order valence-corrected chi connectivity index (χ1v) is 15.8. The number of aromatic amines is 4. The second-order valence-corrected chi connectivity index (χ2v) is 12.9. The van der Waals surface area contributed by atoms with E-state index in [1.807, 2.05) is 0 Å². The van der Waals surface area contributed by atoms with Crippen molar-refractivity contribution in [1.82, 2.24) is 29.7 Å². The Morgan fingerprint density at radius 2 is 0.846 bits per heavy atom. The summed E-state index contributed by atoms with van der Waals surface area (Å²) in [5.41, 5.74) is -2.81. The van der Waals surface area contributed by atoms with Crippen molar-refractivity contribution >= 4 is 34.0 Å². The first kappa shape index (κ1) is 34.9. The summed E-state index contributed by atoms with van der Waals surface area (Å²) in [6.07, 6.45) is 1.85. The fraction of sp³-hybridized carbons (Fsp3) is 0.235. The number of phenols is 6. The molecule has 0 aliphatic carbocycles. The van der Waals surface area contributed by atoms with Crippen LogP contribution in [-0.2, 0) is 0 Å². The number of aromatic nitrogens is 6. The van der Waals surface area contributed by atoms with Crippen LogP contribution in [0.4, 0.5) is 0 Å². The third kappa shape index (κ3) is 5.19. The quantitative estimate of drug-likeness (QED) is 0.0852. The molecule has 10 N–H and O–H groups in total. The summed E-state index contributed by atoms with van der Waals surface area (Å²) in [5, 5.41) is 85.6. The van der Waals surface area contributed by atoms with Gasteiger partial charge in [-0.3, -0.25) is 0 Å². The zero-order chi connectivity index (χ0) is 38.1. The highest BCUT2D eigenvalue weighted by atomic mass is 16.3. The van der Waals surface area contributed by atoms with Crippen LogP contribution < -0.4 is 22.8 Å². The van der Waals surface area contributed by atoms with Crippen molar-refractivity contribution in [3.8, 4) is 45.6 Å². The van der Waals surface area contributed by atoms with E-state index in [0.29, 0.717) is 31.3 Å². The largest absolute Gasteiger partial charge is 0.507 e. The molecule has 0 radical (unpaired) electrons. The molecule has 6 rings (SSSR count). The highest BCUT2D eigenvalue weighted by molar-refractivity contribution is 6.15. The van der Waals surface area contributed by atoms with Gasteiger partial charge in [0.25, 0.3) is 0 Å². The number of phenolic OH excluding ortho intramolecular Hbond substituents is 6. The summed E-state index contributed by atoms with van der Waals surface area (Å²) in [6, 6.07) is 3.24. The Bertz CT molecular complexity index is 2530. The lowest BCUT2D eigenvalue weighted by Gasteiger charge is -2.23. The van der Waals surface area contributed by atoms with E-state index in [1.165, 1.54) is 0 Å². The molecule has 18 heteroatoms. The average molecular weight is 715 g/mol. The Morgan fingerprint density at radius 1 is 0.538 bits per heavy atom. The van der Waals surface area contributed by atoms with Crippen molar-refractivity contribution in [2.24, 2.45) is 10.2 Å². The van der Waals surface area contributed by atoms with Crippen LogP contribution in [0.3, 0.4) is 0 Å². The van der Waals surface area contributed by atoms with E-state index in [2.05, 4.69) is 30.6 Å². The van der Waals surface area contributed by atoms with Gasteiger partial charge in [0, 0.05) is 33.0 Å². The summed E-state index contributed by atoms with van der Waals surface area (Å²) in [4.78, 5) is 48.5. The number of rotatable bonds is 7. The number of aromatic hydroxyl groups is 6. The van der Waals surface area contributed by atoms with Gasteiger partial charge in [0.05, 0.1) is 23.6 Å². The molecule has 0 aliphatic heterocycles. The first-order chi connectivity index (χ1) is 24.5. The highest BCUT2D eigenvalue weighted by Gasteiger charge is 2.29. The van der Waals surface area contributed by atoms with E-state index in [1.54, 1.807) is 53.7 Å². The van der Waals surface area contributed by atoms with E-state index in [4.69, 9.17) is 0 Å². The maximum Gasteiger partial charge on any atom is 0.365 e. The standard InChI is InChI=1S/C34H34N8O10/c1-11(2)19-15-7-13(5)21(27(45)23(15)17(25(43)29(19)47)9-35-41-31(49)37-38-32(41)50)22-14(6)8-16-20(12(3)4)30(48)26(44)18(24(16)28(22)46)10-36-42-33(51)39-40-34(42)52/h7-12,43-48H,1-6H3,(H,37,49)(H,38,50)(H,39,51)(H,40,52)/b35-9+,36-10+. The van der Waals surface area contributed by atoms with Crippen molar-refractivity contribution in [2.45, 2.75) is 53.4 Å². The van der Waals surface area contributed by atoms with Crippen LogP contribution in [0.5, 0.6) is 34.5 Å². The van der Waals surface area contributed by atoms with Crippen LogP contribution in [0.25, 0.3) is 32.7 Å². The molecule has 0 aliphatic rings. The third-order valence-electron chi connectivity index (χ3n) is 8.92. The molecular formula is C34H34N8O10. The Balaban J connectivity index is 1.76. The smallest absolute Gasteiger partial charge is 0.365 e. The van der Waals surface area contributed by atoms with Crippen molar-refractivity contribution in [3.63, 3.8) is 0 Å². The minimum atomic E-state index is -0.925. The van der Waals surface area contributed by atoms with Gasteiger partial charge < -0.3 is 30.6 Å². The molecule has 18 nitrogen and oxygen atoms in total. The van der Waals surface area contributed by atoms with E-state index in [9.17, 15) is 49.8 Å². The second kappa shape index (κ2) is 12.4. The van der Waals surface area contributed by atoms with Gasteiger partial charge in [0.2, 0.25) is 0 Å². The molecular weight excluding hydrogens is 680 g/mol. The number of H-pyrrole nitrogens is 4. The molecule has 52 heavy (non-hydrogen) atoms.